The van der Waals surface area contributed by atoms with Crippen LogP contribution in [-0.2, 0) is 14.3 Å². The summed E-state index contributed by atoms with van der Waals surface area (Å²) in [5, 5.41) is 2.64. The molecule has 1 amide bonds. The molecule has 1 aromatic heterocycles. The maximum atomic E-state index is 14.7. The number of carbonyl (C=O) groups is 2. The van der Waals surface area contributed by atoms with Crippen molar-refractivity contribution in [2.24, 2.45) is 5.92 Å². The fraction of sp³-hybridized carbons (Fsp3) is 0.435. The number of methoxy groups -OCH3 is 1. The van der Waals surface area contributed by atoms with E-state index >= 15 is 0 Å². The Morgan fingerprint density at radius 1 is 1.25 bits per heavy atom. The van der Waals surface area contributed by atoms with E-state index in [1.165, 1.54) is 25.3 Å². The van der Waals surface area contributed by atoms with Gasteiger partial charge in [0.2, 0.25) is 5.82 Å². The van der Waals surface area contributed by atoms with Crippen molar-refractivity contribution in [1.29, 1.82) is 0 Å². The van der Waals surface area contributed by atoms with E-state index in [4.69, 9.17) is 9.47 Å². The molecule has 0 radical (unpaired) electrons. The van der Waals surface area contributed by atoms with E-state index in [0.29, 0.717) is 0 Å². The largest absolute Gasteiger partial charge is 0.489 e. The lowest BCUT2D eigenvalue weighted by molar-refractivity contribution is -0.272. The summed E-state index contributed by atoms with van der Waals surface area (Å²) in [4.78, 5) is 28.8. The number of nitrogens with zero attached hydrogens (tertiary/aromatic N) is 1. The van der Waals surface area contributed by atoms with Crippen molar-refractivity contribution in [2.45, 2.75) is 37.6 Å². The molecule has 196 valence electrons. The summed E-state index contributed by atoms with van der Waals surface area (Å²) in [6.45, 7) is 1.89. The topological polar surface area (TPSA) is 86.8 Å². The van der Waals surface area contributed by atoms with Crippen LogP contribution in [0.1, 0.15) is 35.8 Å². The minimum Gasteiger partial charge on any atom is -0.489 e. The summed E-state index contributed by atoms with van der Waals surface area (Å²) in [6.07, 6.45) is -5.49. The smallest absolute Gasteiger partial charge is 0.417 e. The third-order valence-corrected chi connectivity index (χ3v) is 6.44. The van der Waals surface area contributed by atoms with Gasteiger partial charge in [-0.25, -0.2) is 14.2 Å². The minimum absolute atomic E-state index is 0.0343. The quantitative estimate of drug-likeness (QED) is 0.282. The van der Waals surface area contributed by atoms with Crippen molar-refractivity contribution in [3.63, 3.8) is 0 Å². The van der Waals surface area contributed by atoms with Gasteiger partial charge in [0.1, 0.15) is 11.8 Å². The minimum atomic E-state index is -4.90. The number of hydrogen-bond acceptors (Lipinski definition) is 6. The number of aromatic nitrogens is 1. The molecular formula is C23H22BrF5N2O5. The Kier molecular flexibility index (Phi) is 8.23. The number of carbonyl (C=O) groups excluding carboxylic acids is 2. The number of rotatable bonds is 7. The molecule has 0 saturated carbocycles. The molecule has 0 aliphatic carbocycles. The summed E-state index contributed by atoms with van der Waals surface area (Å²) in [5.41, 5.74) is -3.07. The highest BCUT2D eigenvalue weighted by Gasteiger charge is 2.65. The van der Waals surface area contributed by atoms with E-state index < -0.39 is 59.0 Å². The van der Waals surface area contributed by atoms with Gasteiger partial charge in [-0.3, -0.25) is 4.79 Å². The van der Waals surface area contributed by atoms with E-state index in [2.05, 4.69) is 31.0 Å². The molecule has 0 spiro atoms. The van der Waals surface area contributed by atoms with Crippen LogP contribution in [0.25, 0.3) is 0 Å². The zero-order valence-electron chi connectivity index (χ0n) is 19.3. The van der Waals surface area contributed by atoms with E-state index in [1.54, 1.807) is 0 Å². The second-order valence-corrected chi connectivity index (χ2v) is 8.98. The Balaban J connectivity index is 2.07. The molecule has 2 heterocycles. The summed E-state index contributed by atoms with van der Waals surface area (Å²) in [7, 11) is 1.13. The lowest BCUT2D eigenvalue weighted by Crippen LogP contribution is -2.47. The molecule has 3 rings (SSSR count). The Morgan fingerprint density at radius 3 is 2.56 bits per heavy atom. The highest BCUT2D eigenvalue weighted by Crippen LogP contribution is 2.55. The molecule has 13 heteroatoms. The van der Waals surface area contributed by atoms with Crippen molar-refractivity contribution in [3.8, 4) is 5.75 Å². The van der Waals surface area contributed by atoms with Gasteiger partial charge in [-0.15, -0.1) is 0 Å². The number of alkyl halides is 4. The highest BCUT2D eigenvalue weighted by atomic mass is 79.9. The first-order valence-electron chi connectivity index (χ1n) is 10.6. The number of amides is 1. The van der Waals surface area contributed by atoms with Crippen molar-refractivity contribution in [3.05, 3.63) is 53.4 Å². The second-order valence-electron chi connectivity index (χ2n) is 8.19. The van der Waals surface area contributed by atoms with Gasteiger partial charge in [0.05, 0.1) is 13.7 Å². The van der Waals surface area contributed by atoms with Crippen LogP contribution < -0.4 is 10.1 Å². The predicted octanol–water partition coefficient (Wildman–Crippen LogP) is 5.00. The fourth-order valence-electron chi connectivity index (χ4n) is 4.06. The second kappa shape index (κ2) is 10.7. The van der Waals surface area contributed by atoms with Crippen LogP contribution in [-0.4, -0.2) is 53.8 Å². The number of halogens is 6. The van der Waals surface area contributed by atoms with Crippen LogP contribution in [0.2, 0.25) is 0 Å². The van der Waals surface area contributed by atoms with Gasteiger partial charge >= 0.3 is 12.1 Å². The van der Waals surface area contributed by atoms with Gasteiger partial charge in [-0.05, 0) is 25.1 Å². The number of pyridine rings is 1. The van der Waals surface area contributed by atoms with Gasteiger partial charge in [-0.1, -0.05) is 28.9 Å². The monoisotopic (exact) mass is 580 g/mol. The molecule has 2 aromatic rings. The number of nitrogens with one attached hydrogen (secondary N) is 1. The summed E-state index contributed by atoms with van der Waals surface area (Å²) < 4.78 is 86.2. The Morgan fingerprint density at radius 2 is 1.94 bits per heavy atom. The predicted molar refractivity (Wildman–Crippen MR) is 121 cm³/mol. The van der Waals surface area contributed by atoms with Crippen molar-refractivity contribution >= 4 is 33.5 Å². The Labute approximate surface area is 211 Å². The van der Waals surface area contributed by atoms with Crippen LogP contribution in [0.15, 0.2) is 30.5 Å². The first-order chi connectivity index (χ1) is 16.9. The van der Waals surface area contributed by atoms with Crippen LogP contribution in [0.3, 0.4) is 0 Å². The molecule has 0 bridgehead atoms. The number of benzene rings is 1. The molecular weight excluding hydrogens is 559 g/mol. The molecule has 4 atom stereocenters. The molecule has 36 heavy (non-hydrogen) atoms. The van der Waals surface area contributed by atoms with Gasteiger partial charge in [0.25, 0.3) is 5.91 Å². The summed E-state index contributed by atoms with van der Waals surface area (Å²) >= 11 is 3.09. The number of ether oxygens (including phenoxy) is 3. The lowest BCUT2D eigenvalue weighted by atomic mass is 9.77. The molecule has 1 fully saturated rings. The Hall–Kier alpha value is -2.80. The lowest BCUT2D eigenvalue weighted by Gasteiger charge is -2.32. The third-order valence-electron chi connectivity index (χ3n) is 6.11. The first kappa shape index (κ1) is 27.8. The molecule has 1 saturated heterocycles. The zero-order chi connectivity index (χ0) is 26.8. The van der Waals surface area contributed by atoms with Crippen LogP contribution in [0, 0.1) is 17.6 Å². The van der Waals surface area contributed by atoms with Crippen LogP contribution >= 0.6 is 15.9 Å². The normalized spacial score (nSPS) is 23.9. The maximum absolute atomic E-state index is 14.7. The van der Waals surface area contributed by atoms with Crippen molar-refractivity contribution in [2.75, 3.05) is 24.4 Å². The molecule has 7 nitrogen and oxygen atoms in total. The number of anilines is 1. The molecule has 1 N–H and O–H groups in total. The third kappa shape index (κ3) is 5.17. The van der Waals surface area contributed by atoms with Crippen LogP contribution in [0.5, 0.6) is 5.75 Å². The molecule has 1 aromatic carbocycles. The van der Waals surface area contributed by atoms with E-state index in [9.17, 15) is 31.5 Å². The van der Waals surface area contributed by atoms with E-state index in [-0.39, 0.29) is 28.9 Å². The van der Waals surface area contributed by atoms with E-state index in [0.717, 1.165) is 26.2 Å². The Bertz CT molecular complexity index is 1150. The molecule has 1 aliphatic heterocycles. The SMILES string of the molecule is COC(=O)c1cc(NC(=O)[C@@H]2O[C@@](C)(C(F)(F)F)[C@@H](C)[C@H]2c2ccc(F)c(F)c2OCCBr)ccn1. The van der Waals surface area contributed by atoms with E-state index in [1.807, 2.05) is 0 Å². The van der Waals surface area contributed by atoms with Crippen LogP contribution in [0.4, 0.5) is 27.6 Å². The van der Waals surface area contributed by atoms with Gasteiger partial charge in [0, 0.05) is 34.6 Å². The standard InChI is InChI=1S/C23H22BrF5N2O5/c1-11-16(13-4-5-14(25)17(26)18(13)35-9-7-24)19(36-22(11,2)23(27,28)29)20(32)31-12-6-8-30-15(10-12)21(33)34-3/h4-6,8,10-11,16,19H,7,9H2,1-3H3,(H,30,31,32)/t11-,16-,19+,22+/m0/s1. The van der Waals surface area contributed by atoms with Crippen molar-refractivity contribution in [1.82, 2.24) is 4.98 Å². The van der Waals surface area contributed by atoms with Gasteiger partial charge in [-0.2, -0.15) is 17.6 Å². The number of hydrogen-bond donors (Lipinski definition) is 1. The average Bonchev–Trinajstić information content (AvgIpc) is 3.11. The summed E-state index contributed by atoms with van der Waals surface area (Å²) in [5.74, 6) is -7.84. The maximum Gasteiger partial charge on any atom is 0.417 e. The first-order valence-corrected chi connectivity index (χ1v) is 11.7. The average molecular weight is 581 g/mol. The van der Waals surface area contributed by atoms with Crippen molar-refractivity contribution < 1.29 is 45.8 Å². The zero-order valence-corrected chi connectivity index (χ0v) is 20.9. The van der Waals surface area contributed by atoms with Gasteiger partial charge in [0.15, 0.2) is 17.2 Å². The number of esters is 1. The fourth-order valence-corrected chi connectivity index (χ4v) is 4.22. The highest BCUT2D eigenvalue weighted by molar-refractivity contribution is 9.09. The molecule has 1 aliphatic rings. The van der Waals surface area contributed by atoms with Gasteiger partial charge < -0.3 is 19.5 Å². The molecule has 0 unspecified atom stereocenters. The summed E-state index contributed by atoms with van der Waals surface area (Å²) in [6, 6.07) is 4.31.